The van der Waals surface area contributed by atoms with E-state index in [2.05, 4.69) is 28.7 Å². The largest absolute Gasteiger partial charge is 0.342 e. The fourth-order valence-corrected chi connectivity index (χ4v) is 3.82. The summed E-state index contributed by atoms with van der Waals surface area (Å²) in [5, 5.41) is 1.51. The molecule has 0 bridgehead atoms. The monoisotopic (exact) mass is 318 g/mol. The summed E-state index contributed by atoms with van der Waals surface area (Å²) in [6.45, 7) is 6.11. The van der Waals surface area contributed by atoms with E-state index in [1.165, 1.54) is 5.57 Å². The maximum Gasteiger partial charge on any atom is 0.164 e. The van der Waals surface area contributed by atoms with Crippen molar-refractivity contribution in [1.82, 2.24) is 9.55 Å². The van der Waals surface area contributed by atoms with Gasteiger partial charge in [0.1, 0.15) is 17.4 Å². The minimum atomic E-state index is -0.537. The van der Waals surface area contributed by atoms with Gasteiger partial charge in [-0.2, -0.15) is 0 Å². The van der Waals surface area contributed by atoms with E-state index in [-0.39, 0.29) is 18.2 Å². The lowest BCUT2D eigenvalue weighted by Crippen LogP contribution is -2.27. The van der Waals surface area contributed by atoms with E-state index in [0.717, 1.165) is 17.3 Å². The highest BCUT2D eigenvalue weighted by Gasteiger charge is 2.50. The second-order valence-electron chi connectivity index (χ2n) is 6.36. The smallest absolute Gasteiger partial charge is 0.164 e. The number of aromatic nitrogens is 2. The zero-order chi connectivity index (χ0) is 15.5. The zero-order valence-corrected chi connectivity index (χ0v) is 13.7. The van der Waals surface area contributed by atoms with Gasteiger partial charge in [-0.3, -0.25) is 0 Å². The van der Waals surface area contributed by atoms with Crippen LogP contribution >= 0.6 is 11.6 Å². The van der Waals surface area contributed by atoms with Gasteiger partial charge >= 0.3 is 0 Å². The number of fused-ring (bicyclic) bond motifs is 2. The molecule has 1 saturated heterocycles. The summed E-state index contributed by atoms with van der Waals surface area (Å²) in [5.41, 5.74) is 2.38. The Morgan fingerprint density at radius 1 is 1.32 bits per heavy atom. The molecule has 2 aromatic rings. The van der Waals surface area contributed by atoms with Crippen molar-refractivity contribution in [2.45, 2.75) is 51.2 Å². The van der Waals surface area contributed by atoms with Gasteiger partial charge in [0.25, 0.3) is 0 Å². The van der Waals surface area contributed by atoms with Crippen LogP contribution in [0.5, 0.6) is 0 Å². The number of ether oxygens (including phenoxy) is 2. The Bertz CT molecular complexity index is 765. The van der Waals surface area contributed by atoms with Crippen molar-refractivity contribution in [3.05, 3.63) is 41.3 Å². The summed E-state index contributed by atoms with van der Waals surface area (Å²) in [5.74, 6) is -0.537. The van der Waals surface area contributed by atoms with Gasteiger partial charge in [-0.1, -0.05) is 24.6 Å². The highest BCUT2D eigenvalue weighted by molar-refractivity contribution is 6.34. The van der Waals surface area contributed by atoms with Gasteiger partial charge in [0.05, 0.1) is 11.6 Å². The van der Waals surface area contributed by atoms with E-state index in [1.54, 1.807) is 6.20 Å². The molecule has 22 heavy (non-hydrogen) atoms. The van der Waals surface area contributed by atoms with Gasteiger partial charge < -0.3 is 14.0 Å². The van der Waals surface area contributed by atoms with Crippen molar-refractivity contribution < 1.29 is 9.47 Å². The van der Waals surface area contributed by atoms with Gasteiger partial charge in [0, 0.05) is 17.8 Å². The van der Waals surface area contributed by atoms with E-state index < -0.39 is 5.79 Å². The van der Waals surface area contributed by atoms with E-state index in [9.17, 15) is 0 Å². The van der Waals surface area contributed by atoms with Crippen LogP contribution in [0.2, 0.25) is 5.15 Å². The van der Waals surface area contributed by atoms with Gasteiger partial charge in [0.2, 0.25) is 0 Å². The molecule has 3 heterocycles. The molecule has 0 saturated carbocycles. The third-order valence-corrected chi connectivity index (χ3v) is 4.85. The molecule has 4 rings (SSSR count). The second kappa shape index (κ2) is 4.82. The fraction of sp³-hybridized carbons (Fsp3) is 0.471. The molecule has 0 amide bonds. The van der Waals surface area contributed by atoms with Crippen molar-refractivity contribution in [2.24, 2.45) is 0 Å². The number of pyridine rings is 1. The topological polar surface area (TPSA) is 36.3 Å². The Morgan fingerprint density at radius 3 is 2.91 bits per heavy atom. The Morgan fingerprint density at radius 2 is 2.14 bits per heavy atom. The predicted octanol–water partition coefficient (Wildman–Crippen LogP) is 4.10. The third-order valence-electron chi connectivity index (χ3n) is 4.54. The first-order valence-electron chi connectivity index (χ1n) is 7.67. The van der Waals surface area contributed by atoms with E-state index in [0.29, 0.717) is 5.15 Å². The normalized spacial score (nSPS) is 29.8. The Kier molecular flexibility index (Phi) is 3.12. The average Bonchev–Trinajstić information content (AvgIpc) is 3.10. The van der Waals surface area contributed by atoms with Crippen molar-refractivity contribution in [3.8, 4) is 0 Å². The van der Waals surface area contributed by atoms with Crippen LogP contribution in [0.25, 0.3) is 10.9 Å². The summed E-state index contributed by atoms with van der Waals surface area (Å²) in [6.07, 6.45) is 7.10. The van der Waals surface area contributed by atoms with Crippen LogP contribution in [0.4, 0.5) is 0 Å². The molecule has 0 N–H and O–H groups in total. The fourth-order valence-electron chi connectivity index (χ4n) is 3.60. The molecule has 1 aliphatic carbocycles. The summed E-state index contributed by atoms with van der Waals surface area (Å²) in [6, 6.07) is 4.13. The van der Waals surface area contributed by atoms with E-state index in [4.69, 9.17) is 21.1 Å². The summed E-state index contributed by atoms with van der Waals surface area (Å²) >= 11 is 6.19. The highest BCUT2D eigenvalue weighted by Crippen LogP contribution is 2.45. The zero-order valence-electron chi connectivity index (χ0n) is 12.9. The molecule has 5 heteroatoms. The van der Waals surface area contributed by atoms with Crippen molar-refractivity contribution in [2.75, 3.05) is 0 Å². The first-order chi connectivity index (χ1) is 10.5. The Balaban J connectivity index is 1.81. The minimum absolute atomic E-state index is 0.00694. The first-order valence-corrected chi connectivity index (χ1v) is 8.05. The maximum atomic E-state index is 6.19. The first kappa shape index (κ1) is 14.2. The molecule has 2 aliphatic rings. The molecular formula is C17H19ClN2O2. The Labute approximate surface area is 134 Å². The van der Waals surface area contributed by atoms with Gasteiger partial charge in [-0.25, -0.2) is 4.98 Å². The molecule has 0 aromatic carbocycles. The van der Waals surface area contributed by atoms with Gasteiger partial charge in [-0.15, -0.1) is 0 Å². The lowest BCUT2D eigenvalue weighted by Gasteiger charge is -2.22. The molecule has 1 unspecified atom stereocenters. The Hall–Kier alpha value is -1.36. The number of hydrogen-bond acceptors (Lipinski definition) is 3. The highest BCUT2D eigenvalue weighted by atomic mass is 35.5. The quantitative estimate of drug-likeness (QED) is 0.618. The summed E-state index contributed by atoms with van der Waals surface area (Å²) in [4.78, 5) is 4.15. The van der Waals surface area contributed by atoms with Crippen LogP contribution in [-0.2, 0) is 9.47 Å². The molecule has 4 nitrogen and oxygen atoms in total. The van der Waals surface area contributed by atoms with E-state index in [1.807, 2.05) is 26.0 Å². The number of rotatable bonds is 2. The molecule has 1 fully saturated rings. The molecule has 116 valence electrons. The molecular weight excluding hydrogens is 300 g/mol. The van der Waals surface area contributed by atoms with Crippen molar-refractivity contribution in [1.29, 1.82) is 0 Å². The number of halogens is 1. The number of nitrogens with zero attached hydrogens (tertiary/aromatic N) is 2. The van der Waals surface area contributed by atoms with Crippen LogP contribution in [0.3, 0.4) is 0 Å². The summed E-state index contributed by atoms with van der Waals surface area (Å²) in [7, 11) is 0. The molecule has 1 aliphatic heterocycles. The second-order valence-corrected chi connectivity index (χ2v) is 6.72. The van der Waals surface area contributed by atoms with Crippen molar-refractivity contribution >= 4 is 22.5 Å². The van der Waals surface area contributed by atoms with E-state index >= 15 is 0 Å². The minimum Gasteiger partial charge on any atom is -0.342 e. The SMILES string of the molecule is CCC1=C[C@@H](n2ccc3c(Cl)nccc32)C2OC(C)(C)O[C@@H]12. The molecule has 3 atom stereocenters. The van der Waals surface area contributed by atoms with Gasteiger partial charge in [-0.05, 0) is 38.0 Å². The molecule has 2 aromatic heterocycles. The van der Waals surface area contributed by atoms with Crippen LogP contribution < -0.4 is 0 Å². The number of hydrogen-bond donors (Lipinski definition) is 0. The predicted molar refractivity (Wildman–Crippen MR) is 86.0 cm³/mol. The lowest BCUT2D eigenvalue weighted by atomic mass is 10.1. The molecule has 0 spiro atoms. The van der Waals surface area contributed by atoms with Gasteiger partial charge in [0.15, 0.2) is 5.79 Å². The third kappa shape index (κ3) is 2.02. The summed E-state index contributed by atoms with van der Waals surface area (Å²) < 4.78 is 14.5. The lowest BCUT2D eigenvalue weighted by molar-refractivity contribution is -0.147. The molecule has 0 radical (unpaired) electrons. The maximum absolute atomic E-state index is 6.19. The average molecular weight is 319 g/mol. The van der Waals surface area contributed by atoms with Crippen LogP contribution in [-0.4, -0.2) is 27.5 Å². The van der Waals surface area contributed by atoms with Crippen LogP contribution in [0.15, 0.2) is 36.2 Å². The van der Waals surface area contributed by atoms with Crippen molar-refractivity contribution in [3.63, 3.8) is 0 Å². The van der Waals surface area contributed by atoms with Crippen LogP contribution in [0.1, 0.15) is 33.2 Å². The standard InChI is InChI=1S/C17H19ClN2O2/c1-4-10-9-13(15-14(10)21-17(2,3)22-15)20-8-6-11-12(20)5-7-19-16(11)18/h5-9,13-15H,4H2,1-3H3/t13-,14+,15?/m1/s1. The van der Waals surface area contributed by atoms with Crippen LogP contribution in [0, 0.1) is 0 Å².